The van der Waals surface area contributed by atoms with Gasteiger partial charge >= 0.3 is 5.97 Å². The average molecular weight is 678 g/mol. The molecule has 0 saturated heterocycles. The van der Waals surface area contributed by atoms with Crippen LogP contribution < -0.4 is 29.1 Å². The normalized spacial score (nSPS) is 14.9. The van der Waals surface area contributed by atoms with Crippen LogP contribution in [-0.4, -0.2) is 38.0 Å². The van der Waals surface area contributed by atoms with Gasteiger partial charge in [0, 0.05) is 14.5 Å². The second kappa shape index (κ2) is 12.4. The summed E-state index contributed by atoms with van der Waals surface area (Å²) in [7, 11) is 3.06. The molecule has 1 aromatic heterocycles. The molecule has 11 heteroatoms. The van der Waals surface area contributed by atoms with Crippen molar-refractivity contribution in [1.82, 2.24) is 4.57 Å². The number of aromatic nitrogens is 1. The molecule has 0 fully saturated rings. The van der Waals surface area contributed by atoms with E-state index in [1.165, 1.54) is 30.1 Å². The Balaban J connectivity index is 2.00. The topological polar surface area (TPSA) is 88.3 Å². The van der Waals surface area contributed by atoms with Crippen LogP contribution in [0.15, 0.2) is 73.0 Å². The molecule has 4 rings (SSSR count). The SMILES string of the molecule is C=CCOc1ccc(Br)cc1/C=c1\sc2n(c1=O)[C@@H](c1cc(OC)c(OC)cc1Br)C(C(=O)OCC)=C(C)N=2. The van der Waals surface area contributed by atoms with Crippen molar-refractivity contribution in [3.8, 4) is 17.2 Å². The van der Waals surface area contributed by atoms with Gasteiger partial charge in [-0.3, -0.25) is 9.36 Å². The van der Waals surface area contributed by atoms with E-state index in [1.807, 2.05) is 18.2 Å². The summed E-state index contributed by atoms with van der Waals surface area (Å²) in [5.41, 5.74) is 1.75. The molecule has 0 radical (unpaired) electrons. The highest BCUT2D eigenvalue weighted by molar-refractivity contribution is 9.10. The van der Waals surface area contributed by atoms with Crippen LogP contribution in [0.1, 0.15) is 31.0 Å². The van der Waals surface area contributed by atoms with Gasteiger partial charge in [0.05, 0.1) is 42.7 Å². The lowest BCUT2D eigenvalue weighted by atomic mass is 9.95. The molecule has 0 bridgehead atoms. The Morgan fingerprint density at radius 1 is 1.15 bits per heavy atom. The molecule has 0 spiro atoms. The van der Waals surface area contributed by atoms with Crippen molar-refractivity contribution in [2.45, 2.75) is 19.9 Å². The first-order valence-electron chi connectivity index (χ1n) is 11.9. The summed E-state index contributed by atoms with van der Waals surface area (Å²) in [4.78, 5) is 32.3. The van der Waals surface area contributed by atoms with Crippen molar-refractivity contribution in [1.29, 1.82) is 0 Å². The molecule has 0 saturated carbocycles. The van der Waals surface area contributed by atoms with Crippen molar-refractivity contribution in [3.63, 3.8) is 0 Å². The Bertz CT molecular complexity index is 1660. The molecule has 1 aliphatic heterocycles. The summed E-state index contributed by atoms with van der Waals surface area (Å²) >= 11 is 8.33. The largest absolute Gasteiger partial charge is 0.493 e. The van der Waals surface area contributed by atoms with E-state index in [4.69, 9.17) is 18.9 Å². The molecule has 39 heavy (non-hydrogen) atoms. The maximum absolute atomic E-state index is 14.0. The zero-order chi connectivity index (χ0) is 28.3. The molecule has 0 aliphatic carbocycles. The van der Waals surface area contributed by atoms with Crippen molar-refractivity contribution < 1.29 is 23.7 Å². The summed E-state index contributed by atoms with van der Waals surface area (Å²) in [6.07, 6.45) is 3.41. The van der Waals surface area contributed by atoms with Gasteiger partial charge in [0.15, 0.2) is 16.3 Å². The Kier molecular flexibility index (Phi) is 9.14. The fraction of sp³-hybridized carbons (Fsp3) is 0.250. The summed E-state index contributed by atoms with van der Waals surface area (Å²) in [6, 6.07) is 8.22. The molecule has 3 aromatic rings. The maximum atomic E-state index is 14.0. The van der Waals surface area contributed by atoms with Crippen molar-refractivity contribution in [2.24, 2.45) is 4.99 Å². The number of methoxy groups -OCH3 is 2. The monoisotopic (exact) mass is 676 g/mol. The molecule has 1 atom stereocenters. The lowest BCUT2D eigenvalue weighted by Gasteiger charge is -2.26. The molecule has 2 aromatic carbocycles. The van der Waals surface area contributed by atoms with Gasteiger partial charge in [-0.25, -0.2) is 9.79 Å². The average Bonchev–Trinajstić information content (AvgIpc) is 3.21. The number of thiazole rings is 1. The van der Waals surface area contributed by atoms with Gasteiger partial charge in [-0.1, -0.05) is 55.9 Å². The van der Waals surface area contributed by atoms with E-state index < -0.39 is 12.0 Å². The Labute approximate surface area is 246 Å². The lowest BCUT2D eigenvalue weighted by molar-refractivity contribution is -0.139. The Morgan fingerprint density at radius 3 is 2.54 bits per heavy atom. The van der Waals surface area contributed by atoms with Gasteiger partial charge in [-0.05, 0) is 55.8 Å². The number of esters is 1. The van der Waals surface area contributed by atoms with E-state index in [2.05, 4.69) is 43.4 Å². The van der Waals surface area contributed by atoms with Gasteiger partial charge < -0.3 is 18.9 Å². The number of fused-ring (bicyclic) bond motifs is 1. The standard InChI is InChI=1S/C28H26Br2N2O6S/c1-6-10-38-20-9-8-17(29)11-16(20)12-23-26(33)32-25(18-13-21(35-4)22(36-5)14-19(18)30)24(27(34)37-7-2)15(3)31-28(32)39-23/h6,8-9,11-14,25H,1,7,10H2,2-5H3/b23-12-/t25-/m0/s1. The van der Waals surface area contributed by atoms with Crippen molar-refractivity contribution in [3.05, 3.63) is 94.0 Å². The molecular weight excluding hydrogens is 652 g/mol. The molecule has 8 nitrogen and oxygen atoms in total. The third-order valence-corrected chi connectivity index (χ3v) is 8.09. The van der Waals surface area contributed by atoms with Crippen LogP contribution in [-0.2, 0) is 9.53 Å². The van der Waals surface area contributed by atoms with Crippen molar-refractivity contribution >= 4 is 55.2 Å². The van der Waals surface area contributed by atoms with Crippen LogP contribution >= 0.6 is 43.2 Å². The number of carbonyl (C=O) groups excluding carboxylic acids is 1. The van der Waals surface area contributed by atoms with E-state index in [0.717, 1.165) is 4.47 Å². The van der Waals surface area contributed by atoms with Crippen molar-refractivity contribution in [2.75, 3.05) is 27.4 Å². The third kappa shape index (κ3) is 5.75. The zero-order valence-corrected chi connectivity index (χ0v) is 25.7. The van der Waals surface area contributed by atoms with Gasteiger partial charge in [0.25, 0.3) is 5.56 Å². The minimum Gasteiger partial charge on any atom is -0.493 e. The van der Waals surface area contributed by atoms with Gasteiger partial charge in [0.1, 0.15) is 12.4 Å². The quantitative estimate of drug-likeness (QED) is 0.237. The van der Waals surface area contributed by atoms with Gasteiger partial charge in [0.2, 0.25) is 0 Å². The summed E-state index contributed by atoms with van der Waals surface area (Å²) < 4.78 is 25.6. The van der Waals surface area contributed by atoms with Crippen LogP contribution in [0, 0.1) is 0 Å². The van der Waals surface area contributed by atoms with E-state index in [1.54, 1.807) is 38.1 Å². The molecule has 2 heterocycles. The van der Waals surface area contributed by atoms with E-state index in [-0.39, 0.29) is 17.7 Å². The first-order chi connectivity index (χ1) is 18.7. The number of hydrogen-bond acceptors (Lipinski definition) is 8. The highest BCUT2D eigenvalue weighted by Gasteiger charge is 2.35. The van der Waals surface area contributed by atoms with E-state index in [0.29, 0.717) is 54.5 Å². The van der Waals surface area contributed by atoms with Crippen LogP contribution in [0.3, 0.4) is 0 Å². The number of halogens is 2. The van der Waals surface area contributed by atoms with Crippen LogP contribution in [0.2, 0.25) is 0 Å². The highest BCUT2D eigenvalue weighted by Crippen LogP contribution is 2.40. The second-order valence-electron chi connectivity index (χ2n) is 8.31. The lowest BCUT2D eigenvalue weighted by Crippen LogP contribution is -2.40. The first-order valence-corrected chi connectivity index (χ1v) is 14.3. The number of nitrogens with zero attached hydrogens (tertiary/aromatic N) is 2. The first kappa shape index (κ1) is 28.8. The Morgan fingerprint density at radius 2 is 1.87 bits per heavy atom. The molecule has 0 N–H and O–H groups in total. The zero-order valence-electron chi connectivity index (χ0n) is 21.7. The van der Waals surface area contributed by atoms with Gasteiger partial charge in [-0.2, -0.15) is 0 Å². The molecule has 1 aliphatic rings. The summed E-state index contributed by atoms with van der Waals surface area (Å²) in [6.45, 7) is 7.67. The number of benzene rings is 2. The number of carbonyl (C=O) groups is 1. The predicted octanol–water partition coefficient (Wildman–Crippen LogP) is 4.91. The van der Waals surface area contributed by atoms with Crippen LogP contribution in [0.5, 0.6) is 17.2 Å². The smallest absolute Gasteiger partial charge is 0.338 e. The fourth-order valence-electron chi connectivity index (χ4n) is 4.22. The number of rotatable bonds is 9. The predicted molar refractivity (Wildman–Crippen MR) is 157 cm³/mol. The van der Waals surface area contributed by atoms with Gasteiger partial charge in [-0.15, -0.1) is 0 Å². The second-order valence-corrected chi connectivity index (χ2v) is 11.1. The summed E-state index contributed by atoms with van der Waals surface area (Å²) in [5.74, 6) is 1.01. The van der Waals surface area contributed by atoms with E-state index >= 15 is 0 Å². The minimum absolute atomic E-state index is 0.177. The van der Waals surface area contributed by atoms with Crippen LogP contribution in [0.25, 0.3) is 6.08 Å². The summed E-state index contributed by atoms with van der Waals surface area (Å²) in [5, 5.41) is 0. The number of allylic oxidation sites excluding steroid dienone is 1. The molecule has 204 valence electrons. The number of hydrogen-bond donors (Lipinski definition) is 0. The van der Waals surface area contributed by atoms with Crippen LogP contribution in [0.4, 0.5) is 0 Å². The fourth-order valence-corrected chi connectivity index (χ4v) is 6.17. The van der Waals surface area contributed by atoms with E-state index in [9.17, 15) is 9.59 Å². The molecule has 0 unspecified atom stereocenters. The third-order valence-electron chi connectivity index (χ3n) is 5.93. The minimum atomic E-state index is -0.823. The maximum Gasteiger partial charge on any atom is 0.338 e. The molecular formula is C28H26Br2N2O6S. The Hall–Kier alpha value is -3.15. The highest BCUT2D eigenvalue weighted by atomic mass is 79.9. The number of ether oxygens (including phenoxy) is 4. The molecule has 0 amide bonds.